The number of carbonyl (C=O) groups is 1. The van der Waals surface area contributed by atoms with Gasteiger partial charge in [0.1, 0.15) is 5.82 Å². The van der Waals surface area contributed by atoms with E-state index in [2.05, 4.69) is 15.3 Å². The Morgan fingerprint density at radius 2 is 1.96 bits per heavy atom. The van der Waals surface area contributed by atoms with Crippen molar-refractivity contribution >= 4 is 23.2 Å². The van der Waals surface area contributed by atoms with Crippen molar-refractivity contribution in [2.75, 3.05) is 11.9 Å². The summed E-state index contributed by atoms with van der Waals surface area (Å²) in [6.45, 7) is 0.0750. The maximum atomic E-state index is 13.0. The van der Waals surface area contributed by atoms with E-state index in [9.17, 15) is 9.18 Å². The molecule has 7 heteroatoms. The number of primary amides is 1. The van der Waals surface area contributed by atoms with Crippen LogP contribution in [0.1, 0.15) is 0 Å². The number of nitrogens with zero attached hydrogens (tertiary/aromatic N) is 2. The van der Waals surface area contributed by atoms with Crippen LogP contribution in [0.5, 0.6) is 5.75 Å². The van der Waals surface area contributed by atoms with Crippen molar-refractivity contribution in [3.05, 3.63) is 60.5 Å². The van der Waals surface area contributed by atoms with Crippen LogP contribution in [-0.2, 0) is 4.79 Å². The van der Waals surface area contributed by atoms with Crippen molar-refractivity contribution < 1.29 is 19.2 Å². The topological polar surface area (TPSA) is 80.7 Å². The van der Waals surface area contributed by atoms with Gasteiger partial charge in [0.25, 0.3) is 0 Å². The van der Waals surface area contributed by atoms with E-state index >= 15 is 0 Å². The maximum absolute atomic E-state index is 13.0. The van der Waals surface area contributed by atoms with E-state index in [-0.39, 0.29) is 18.3 Å². The molecule has 0 aliphatic carbocycles. The minimum Gasteiger partial charge on any atom is -0.473 e. The van der Waals surface area contributed by atoms with E-state index < -0.39 is 0 Å². The summed E-state index contributed by atoms with van der Waals surface area (Å²) in [6.07, 6.45) is 1.64. The molecular formula is C18H14FN4O2+. The zero-order chi connectivity index (χ0) is 17.2. The van der Waals surface area contributed by atoms with Gasteiger partial charge in [-0.25, -0.2) is 24.5 Å². The lowest BCUT2D eigenvalue weighted by molar-refractivity contribution is -0.490. The van der Waals surface area contributed by atoms with Crippen molar-refractivity contribution in [1.82, 2.24) is 9.97 Å². The van der Waals surface area contributed by atoms with E-state index in [1.165, 1.54) is 12.1 Å². The SMILES string of the molecule is O=C1COc2ccc(-c3ccnc(Nc4ccc(F)cc4)n3)cc2[NH2+]1. The standard InChI is InChI=1S/C18H13FN4O2/c19-12-2-4-13(5-3-12)21-18-20-8-7-14(23-18)11-1-6-16-15(9-11)22-17(24)10-25-16/h1-9H,10H2,(H,22,24)(H,20,21,23)/p+1. The third kappa shape index (κ3) is 3.31. The molecule has 0 saturated carbocycles. The number of quaternary nitrogens is 1. The Hall–Kier alpha value is -3.32. The van der Waals surface area contributed by atoms with Crippen LogP contribution in [0.15, 0.2) is 54.7 Å². The molecule has 4 rings (SSSR count). The number of nitrogens with two attached hydrogens (primary N) is 1. The lowest BCUT2D eigenvalue weighted by atomic mass is 10.1. The minimum absolute atomic E-state index is 0.0639. The molecule has 3 N–H and O–H groups in total. The Balaban J connectivity index is 1.62. The van der Waals surface area contributed by atoms with Gasteiger partial charge in [-0.2, -0.15) is 0 Å². The largest absolute Gasteiger partial charge is 0.473 e. The summed E-state index contributed by atoms with van der Waals surface area (Å²) in [5, 5.41) is 4.61. The van der Waals surface area contributed by atoms with Gasteiger partial charge in [0.2, 0.25) is 12.6 Å². The van der Waals surface area contributed by atoms with Gasteiger partial charge in [0.05, 0.1) is 5.69 Å². The van der Waals surface area contributed by atoms with Gasteiger partial charge < -0.3 is 10.1 Å². The van der Waals surface area contributed by atoms with Crippen LogP contribution >= 0.6 is 0 Å². The number of anilines is 2. The van der Waals surface area contributed by atoms with Gasteiger partial charge >= 0.3 is 5.91 Å². The van der Waals surface area contributed by atoms with Crippen molar-refractivity contribution in [3.8, 4) is 17.0 Å². The summed E-state index contributed by atoms with van der Waals surface area (Å²) in [7, 11) is 0. The minimum atomic E-state index is -0.303. The summed E-state index contributed by atoms with van der Waals surface area (Å²) in [5.74, 6) is 0.716. The molecule has 0 bridgehead atoms. The predicted molar refractivity (Wildman–Crippen MR) is 89.2 cm³/mol. The van der Waals surface area contributed by atoms with Gasteiger partial charge in [0.15, 0.2) is 11.4 Å². The first-order valence-corrected chi connectivity index (χ1v) is 7.68. The van der Waals surface area contributed by atoms with Crippen LogP contribution in [0.2, 0.25) is 0 Å². The van der Waals surface area contributed by atoms with Crippen LogP contribution in [0, 0.1) is 5.82 Å². The molecule has 2 aromatic carbocycles. The molecule has 0 unspecified atom stereocenters. The van der Waals surface area contributed by atoms with Crippen LogP contribution in [0.4, 0.5) is 21.7 Å². The lowest BCUT2D eigenvalue weighted by Gasteiger charge is -2.14. The number of nitrogens with one attached hydrogen (secondary N) is 1. The van der Waals surface area contributed by atoms with Crippen LogP contribution < -0.4 is 15.4 Å². The molecule has 1 amide bonds. The van der Waals surface area contributed by atoms with E-state index in [0.717, 1.165) is 11.3 Å². The number of fused-ring (bicyclic) bond motifs is 1. The van der Waals surface area contributed by atoms with Crippen LogP contribution in [0.3, 0.4) is 0 Å². The average molecular weight is 337 g/mol. The molecule has 124 valence electrons. The van der Waals surface area contributed by atoms with E-state index in [1.54, 1.807) is 29.7 Å². The summed E-state index contributed by atoms with van der Waals surface area (Å²) in [6, 6.07) is 13.3. The number of benzene rings is 2. The number of carbonyl (C=O) groups excluding carboxylic acids is 1. The summed E-state index contributed by atoms with van der Waals surface area (Å²) < 4.78 is 18.4. The summed E-state index contributed by atoms with van der Waals surface area (Å²) in [4.78, 5) is 20.2. The second kappa shape index (κ2) is 6.29. The van der Waals surface area contributed by atoms with E-state index in [0.29, 0.717) is 23.1 Å². The average Bonchev–Trinajstić information content (AvgIpc) is 2.63. The van der Waals surface area contributed by atoms with Crippen molar-refractivity contribution in [3.63, 3.8) is 0 Å². The molecule has 25 heavy (non-hydrogen) atoms. The molecule has 0 fully saturated rings. The molecule has 0 saturated heterocycles. The molecule has 0 atom stereocenters. The normalized spacial score (nSPS) is 13.1. The lowest BCUT2D eigenvalue weighted by Crippen LogP contribution is -2.85. The first kappa shape index (κ1) is 15.2. The molecule has 1 aromatic heterocycles. The fourth-order valence-electron chi connectivity index (χ4n) is 2.56. The van der Waals surface area contributed by atoms with Crippen molar-refractivity contribution in [1.29, 1.82) is 0 Å². The molecular weight excluding hydrogens is 323 g/mol. The molecule has 6 nitrogen and oxygen atoms in total. The number of rotatable bonds is 3. The second-order valence-electron chi connectivity index (χ2n) is 5.55. The monoisotopic (exact) mass is 337 g/mol. The Bertz CT molecular complexity index is 944. The van der Waals surface area contributed by atoms with Gasteiger partial charge in [0, 0.05) is 23.5 Å². The molecule has 2 heterocycles. The number of ether oxygens (including phenoxy) is 1. The Kier molecular flexibility index (Phi) is 3.83. The summed E-state index contributed by atoms with van der Waals surface area (Å²) in [5.41, 5.74) is 2.98. The van der Waals surface area contributed by atoms with Crippen molar-refractivity contribution in [2.24, 2.45) is 0 Å². The van der Waals surface area contributed by atoms with E-state index in [4.69, 9.17) is 4.74 Å². The smallest absolute Gasteiger partial charge is 0.353 e. The third-order valence-electron chi connectivity index (χ3n) is 3.75. The molecule has 1 aliphatic heterocycles. The predicted octanol–water partition coefficient (Wildman–Crippen LogP) is 2.14. The number of hydrogen-bond acceptors (Lipinski definition) is 5. The molecule has 3 aromatic rings. The second-order valence-corrected chi connectivity index (χ2v) is 5.55. The first-order valence-electron chi connectivity index (χ1n) is 7.68. The highest BCUT2D eigenvalue weighted by molar-refractivity contribution is 5.75. The zero-order valence-electron chi connectivity index (χ0n) is 13.1. The fourth-order valence-corrected chi connectivity index (χ4v) is 2.56. The number of amides is 1. The van der Waals surface area contributed by atoms with Crippen molar-refractivity contribution in [2.45, 2.75) is 0 Å². The molecule has 1 aliphatic rings. The highest BCUT2D eigenvalue weighted by Gasteiger charge is 2.21. The Morgan fingerprint density at radius 1 is 1.12 bits per heavy atom. The molecule has 0 radical (unpaired) electrons. The van der Waals surface area contributed by atoms with Gasteiger partial charge in [-0.3, -0.25) is 0 Å². The number of aromatic nitrogens is 2. The zero-order valence-corrected chi connectivity index (χ0v) is 13.1. The van der Waals surface area contributed by atoms with Gasteiger partial charge in [-0.05, 0) is 42.5 Å². The highest BCUT2D eigenvalue weighted by Crippen LogP contribution is 2.28. The van der Waals surface area contributed by atoms with Gasteiger partial charge in [-0.1, -0.05) is 0 Å². The maximum Gasteiger partial charge on any atom is 0.353 e. The van der Waals surface area contributed by atoms with Crippen LogP contribution in [-0.4, -0.2) is 22.5 Å². The number of halogens is 1. The Morgan fingerprint density at radius 3 is 2.80 bits per heavy atom. The first-order chi connectivity index (χ1) is 12.2. The fraction of sp³-hybridized carbons (Fsp3) is 0.0556. The Labute approximate surface area is 142 Å². The quantitative estimate of drug-likeness (QED) is 0.716. The summed E-state index contributed by atoms with van der Waals surface area (Å²) >= 11 is 0. The van der Waals surface area contributed by atoms with Gasteiger partial charge in [-0.15, -0.1) is 0 Å². The third-order valence-corrected chi connectivity index (χ3v) is 3.75. The van der Waals surface area contributed by atoms with E-state index in [1.807, 2.05) is 18.2 Å². The number of hydrogen-bond donors (Lipinski definition) is 2. The highest BCUT2D eigenvalue weighted by atomic mass is 19.1. The molecule has 0 spiro atoms. The van der Waals surface area contributed by atoms with Crippen LogP contribution in [0.25, 0.3) is 11.3 Å².